The Morgan fingerprint density at radius 1 is 1.56 bits per heavy atom. The van der Waals surface area contributed by atoms with Gasteiger partial charge in [0, 0.05) is 22.8 Å². The van der Waals surface area contributed by atoms with Gasteiger partial charge in [-0.15, -0.1) is 11.3 Å². The fourth-order valence-corrected chi connectivity index (χ4v) is 3.34. The molecule has 0 bridgehead atoms. The molecule has 2 heterocycles. The average molecular weight is 238 g/mol. The van der Waals surface area contributed by atoms with Crippen molar-refractivity contribution in [1.82, 2.24) is 4.90 Å². The first kappa shape index (κ1) is 12.1. The highest BCUT2D eigenvalue weighted by Crippen LogP contribution is 2.23. The predicted octanol–water partition coefficient (Wildman–Crippen LogP) is 2.79. The standard InChI is InChI=1S/C13H22N2S/c1-10-4-3-7-15(8-10)9-12(14)13-6-5-11(2)16-13/h5-6,10,12H,3-4,7-9,14H2,1-2H3. The van der Waals surface area contributed by atoms with Crippen LogP contribution in [0, 0.1) is 12.8 Å². The summed E-state index contributed by atoms with van der Waals surface area (Å²) in [6.45, 7) is 7.95. The van der Waals surface area contributed by atoms with E-state index in [4.69, 9.17) is 5.73 Å². The summed E-state index contributed by atoms with van der Waals surface area (Å²) in [7, 11) is 0. The Labute approximate surface area is 102 Å². The predicted molar refractivity (Wildman–Crippen MR) is 70.8 cm³/mol. The lowest BCUT2D eigenvalue weighted by Crippen LogP contribution is -2.38. The van der Waals surface area contributed by atoms with Gasteiger partial charge in [0.15, 0.2) is 0 Å². The minimum Gasteiger partial charge on any atom is -0.322 e. The maximum Gasteiger partial charge on any atom is 0.0519 e. The second kappa shape index (κ2) is 5.30. The van der Waals surface area contributed by atoms with E-state index in [0.29, 0.717) is 0 Å². The van der Waals surface area contributed by atoms with E-state index in [0.717, 1.165) is 12.5 Å². The number of likely N-dealkylation sites (tertiary alicyclic amines) is 1. The summed E-state index contributed by atoms with van der Waals surface area (Å²) >= 11 is 1.83. The van der Waals surface area contributed by atoms with Gasteiger partial charge in [-0.2, -0.15) is 0 Å². The molecule has 3 heteroatoms. The second-order valence-electron chi connectivity index (χ2n) is 5.06. The molecule has 0 aliphatic carbocycles. The highest BCUT2D eigenvalue weighted by Gasteiger charge is 2.19. The fourth-order valence-electron chi connectivity index (χ4n) is 2.47. The van der Waals surface area contributed by atoms with Gasteiger partial charge in [-0.1, -0.05) is 6.92 Å². The molecular formula is C13H22N2S. The maximum absolute atomic E-state index is 6.25. The van der Waals surface area contributed by atoms with Crippen molar-refractivity contribution in [2.24, 2.45) is 11.7 Å². The van der Waals surface area contributed by atoms with Crippen molar-refractivity contribution in [3.8, 4) is 0 Å². The monoisotopic (exact) mass is 238 g/mol. The first-order valence-electron chi connectivity index (χ1n) is 6.19. The van der Waals surface area contributed by atoms with Crippen LogP contribution in [0.15, 0.2) is 12.1 Å². The van der Waals surface area contributed by atoms with Crippen molar-refractivity contribution in [2.75, 3.05) is 19.6 Å². The minimum absolute atomic E-state index is 0.198. The van der Waals surface area contributed by atoms with E-state index in [1.807, 2.05) is 11.3 Å². The van der Waals surface area contributed by atoms with Crippen LogP contribution >= 0.6 is 11.3 Å². The van der Waals surface area contributed by atoms with Gasteiger partial charge in [-0.3, -0.25) is 0 Å². The molecule has 0 amide bonds. The maximum atomic E-state index is 6.25. The van der Waals surface area contributed by atoms with E-state index in [-0.39, 0.29) is 6.04 Å². The van der Waals surface area contributed by atoms with Gasteiger partial charge < -0.3 is 10.6 Å². The lowest BCUT2D eigenvalue weighted by atomic mass is 10.00. The highest BCUT2D eigenvalue weighted by molar-refractivity contribution is 7.12. The first-order chi connectivity index (χ1) is 7.65. The molecule has 1 fully saturated rings. The molecule has 0 radical (unpaired) electrons. The molecule has 90 valence electrons. The number of nitrogens with zero attached hydrogens (tertiary/aromatic N) is 1. The van der Waals surface area contributed by atoms with Crippen LogP contribution in [0.4, 0.5) is 0 Å². The Kier molecular flexibility index (Phi) is 4.00. The van der Waals surface area contributed by atoms with Crippen LogP contribution in [-0.4, -0.2) is 24.5 Å². The normalized spacial score (nSPS) is 24.6. The third-order valence-corrected chi connectivity index (χ3v) is 4.46. The molecule has 2 nitrogen and oxygen atoms in total. The summed E-state index contributed by atoms with van der Waals surface area (Å²) in [5, 5.41) is 0. The molecule has 0 aromatic carbocycles. The van der Waals surface area contributed by atoms with Crippen LogP contribution in [0.3, 0.4) is 0 Å². The van der Waals surface area contributed by atoms with Gasteiger partial charge in [-0.05, 0) is 44.4 Å². The van der Waals surface area contributed by atoms with E-state index in [1.165, 1.54) is 35.7 Å². The zero-order valence-corrected chi connectivity index (χ0v) is 11.1. The van der Waals surface area contributed by atoms with Gasteiger partial charge in [0.2, 0.25) is 0 Å². The van der Waals surface area contributed by atoms with Crippen molar-refractivity contribution in [3.05, 3.63) is 21.9 Å². The number of hydrogen-bond acceptors (Lipinski definition) is 3. The number of hydrogen-bond donors (Lipinski definition) is 1. The summed E-state index contributed by atoms with van der Waals surface area (Å²) in [6.07, 6.45) is 2.71. The second-order valence-corrected chi connectivity index (χ2v) is 6.38. The molecule has 2 atom stereocenters. The summed E-state index contributed by atoms with van der Waals surface area (Å²) in [5.74, 6) is 0.839. The summed E-state index contributed by atoms with van der Waals surface area (Å²) in [5.41, 5.74) is 6.25. The molecule has 0 saturated carbocycles. The highest BCUT2D eigenvalue weighted by atomic mass is 32.1. The number of thiophene rings is 1. The smallest absolute Gasteiger partial charge is 0.0519 e. The van der Waals surface area contributed by atoms with E-state index in [1.54, 1.807) is 0 Å². The number of aryl methyl sites for hydroxylation is 1. The number of piperidine rings is 1. The van der Waals surface area contributed by atoms with Crippen molar-refractivity contribution in [3.63, 3.8) is 0 Å². The van der Waals surface area contributed by atoms with Crippen LogP contribution in [0.5, 0.6) is 0 Å². The van der Waals surface area contributed by atoms with Crippen LogP contribution in [0.25, 0.3) is 0 Å². The lowest BCUT2D eigenvalue weighted by molar-refractivity contribution is 0.175. The van der Waals surface area contributed by atoms with Gasteiger partial charge >= 0.3 is 0 Å². The van der Waals surface area contributed by atoms with Crippen LogP contribution in [0.2, 0.25) is 0 Å². The summed E-state index contributed by atoms with van der Waals surface area (Å²) in [4.78, 5) is 5.21. The van der Waals surface area contributed by atoms with E-state index in [2.05, 4.69) is 30.9 Å². The number of rotatable bonds is 3. The number of nitrogens with two attached hydrogens (primary N) is 1. The summed E-state index contributed by atoms with van der Waals surface area (Å²) < 4.78 is 0. The van der Waals surface area contributed by atoms with Crippen LogP contribution in [-0.2, 0) is 0 Å². The average Bonchev–Trinajstić information content (AvgIpc) is 2.65. The fraction of sp³-hybridized carbons (Fsp3) is 0.692. The lowest BCUT2D eigenvalue weighted by Gasteiger charge is -2.32. The van der Waals surface area contributed by atoms with Crippen LogP contribution < -0.4 is 5.73 Å². The van der Waals surface area contributed by atoms with Crippen LogP contribution in [0.1, 0.15) is 35.6 Å². The quantitative estimate of drug-likeness (QED) is 0.877. The van der Waals surface area contributed by atoms with Crippen molar-refractivity contribution < 1.29 is 0 Å². The SMILES string of the molecule is Cc1ccc(C(N)CN2CCCC(C)C2)s1. The molecule has 2 rings (SSSR count). The molecule has 1 saturated heterocycles. The van der Waals surface area contributed by atoms with E-state index < -0.39 is 0 Å². The van der Waals surface area contributed by atoms with E-state index >= 15 is 0 Å². The first-order valence-corrected chi connectivity index (χ1v) is 7.01. The molecule has 0 spiro atoms. The Morgan fingerprint density at radius 2 is 2.38 bits per heavy atom. The van der Waals surface area contributed by atoms with Gasteiger partial charge in [0.25, 0.3) is 0 Å². The Hall–Kier alpha value is -0.380. The van der Waals surface area contributed by atoms with Gasteiger partial charge in [-0.25, -0.2) is 0 Å². The van der Waals surface area contributed by atoms with Crippen molar-refractivity contribution in [2.45, 2.75) is 32.7 Å². The van der Waals surface area contributed by atoms with Gasteiger partial charge in [0.05, 0.1) is 6.04 Å². The van der Waals surface area contributed by atoms with E-state index in [9.17, 15) is 0 Å². The van der Waals surface area contributed by atoms with Crippen molar-refractivity contribution >= 4 is 11.3 Å². The summed E-state index contributed by atoms with van der Waals surface area (Å²) in [6, 6.07) is 4.54. The Morgan fingerprint density at radius 3 is 3.00 bits per heavy atom. The molecule has 2 N–H and O–H groups in total. The zero-order chi connectivity index (χ0) is 11.5. The Balaban J connectivity index is 1.89. The topological polar surface area (TPSA) is 29.3 Å². The molecule has 16 heavy (non-hydrogen) atoms. The van der Waals surface area contributed by atoms with Crippen molar-refractivity contribution in [1.29, 1.82) is 0 Å². The molecule has 1 aliphatic heterocycles. The molecule has 2 unspecified atom stereocenters. The molecule has 1 aromatic rings. The minimum atomic E-state index is 0.198. The third kappa shape index (κ3) is 3.06. The molecule has 1 aliphatic rings. The largest absolute Gasteiger partial charge is 0.322 e. The third-order valence-electron chi connectivity index (χ3n) is 3.32. The Bertz CT molecular complexity index is 334. The zero-order valence-electron chi connectivity index (χ0n) is 10.3. The molecule has 1 aromatic heterocycles. The van der Waals surface area contributed by atoms with Gasteiger partial charge in [0.1, 0.15) is 0 Å². The molecular weight excluding hydrogens is 216 g/mol.